The zero-order valence-corrected chi connectivity index (χ0v) is 20.7. The number of nitrogens with zero attached hydrogens (tertiary/aromatic N) is 1. The lowest BCUT2D eigenvalue weighted by atomic mass is 9.99. The van der Waals surface area contributed by atoms with Gasteiger partial charge < -0.3 is 10.4 Å². The van der Waals surface area contributed by atoms with E-state index in [1.807, 2.05) is 48.5 Å². The van der Waals surface area contributed by atoms with Crippen LogP contribution in [0, 0.1) is 5.82 Å². The molecule has 0 aliphatic rings. The largest absolute Gasteiger partial charge is 0.480 e. The SMILES string of the molecule is C.O=C(O)[C@H](Cc1ccc(-c2cccc(CNc3ccccn3)c2)cc1)NS(=O)(=O)Cc1ccc(F)cc1. The second-order valence-corrected chi connectivity index (χ2v) is 10.3. The van der Waals surface area contributed by atoms with E-state index in [0.717, 1.165) is 34.6 Å². The van der Waals surface area contributed by atoms with Gasteiger partial charge >= 0.3 is 5.97 Å². The van der Waals surface area contributed by atoms with E-state index < -0.39 is 33.6 Å². The normalized spacial score (nSPS) is 11.8. The molecular weight excluding hydrogens is 505 g/mol. The van der Waals surface area contributed by atoms with Gasteiger partial charge in [-0.2, -0.15) is 0 Å². The predicted molar refractivity (Wildman–Crippen MR) is 147 cm³/mol. The fraction of sp³-hybridized carbons (Fsp3) is 0.172. The highest BCUT2D eigenvalue weighted by atomic mass is 32.2. The summed E-state index contributed by atoms with van der Waals surface area (Å²) in [5.41, 5.74) is 4.07. The van der Waals surface area contributed by atoms with Gasteiger partial charge in [0.2, 0.25) is 10.0 Å². The zero-order valence-electron chi connectivity index (χ0n) is 19.8. The predicted octanol–water partition coefficient (Wildman–Crippen LogP) is 5.25. The monoisotopic (exact) mass is 535 g/mol. The van der Waals surface area contributed by atoms with Crippen LogP contribution in [0.2, 0.25) is 0 Å². The Kier molecular flexibility index (Phi) is 9.70. The highest BCUT2D eigenvalue weighted by Gasteiger charge is 2.24. The van der Waals surface area contributed by atoms with Crippen molar-refractivity contribution < 1.29 is 22.7 Å². The van der Waals surface area contributed by atoms with Gasteiger partial charge in [0.05, 0.1) is 5.75 Å². The van der Waals surface area contributed by atoms with Crippen LogP contribution in [0.1, 0.15) is 24.1 Å². The van der Waals surface area contributed by atoms with E-state index in [1.54, 1.807) is 18.3 Å². The average molecular weight is 536 g/mol. The van der Waals surface area contributed by atoms with E-state index in [2.05, 4.69) is 21.1 Å². The molecule has 7 nitrogen and oxygen atoms in total. The molecular formula is C29H30FN3O4S. The Morgan fingerprint density at radius 3 is 2.24 bits per heavy atom. The second-order valence-electron chi connectivity index (χ2n) is 8.56. The van der Waals surface area contributed by atoms with Crippen molar-refractivity contribution in [3.05, 3.63) is 120 Å². The van der Waals surface area contributed by atoms with Crippen LogP contribution in [-0.4, -0.2) is 30.5 Å². The highest BCUT2D eigenvalue weighted by molar-refractivity contribution is 7.88. The average Bonchev–Trinajstić information content (AvgIpc) is 2.89. The summed E-state index contributed by atoms with van der Waals surface area (Å²) < 4.78 is 40.4. The molecule has 0 unspecified atom stereocenters. The minimum absolute atomic E-state index is 0. The van der Waals surface area contributed by atoms with E-state index in [4.69, 9.17) is 0 Å². The number of sulfonamides is 1. The van der Waals surface area contributed by atoms with Crippen LogP contribution in [0.15, 0.2) is 97.2 Å². The molecule has 0 bridgehead atoms. The molecule has 3 N–H and O–H groups in total. The molecule has 198 valence electrons. The molecule has 0 saturated carbocycles. The number of anilines is 1. The smallest absolute Gasteiger partial charge is 0.322 e. The Balaban J connectivity index is 0.00000400. The van der Waals surface area contributed by atoms with Crippen LogP contribution >= 0.6 is 0 Å². The number of hydrogen-bond acceptors (Lipinski definition) is 5. The number of nitrogens with one attached hydrogen (secondary N) is 2. The Morgan fingerprint density at radius 1 is 0.868 bits per heavy atom. The van der Waals surface area contributed by atoms with Crippen LogP contribution in [0.25, 0.3) is 11.1 Å². The lowest BCUT2D eigenvalue weighted by Gasteiger charge is -2.15. The second kappa shape index (κ2) is 12.9. The van der Waals surface area contributed by atoms with Crippen LogP contribution in [0.3, 0.4) is 0 Å². The summed E-state index contributed by atoms with van der Waals surface area (Å²) in [4.78, 5) is 16.0. The summed E-state index contributed by atoms with van der Waals surface area (Å²) in [5.74, 6) is -1.41. The molecule has 0 aliphatic carbocycles. The maximum Gasteiger partial charge on any atom is 0.322 e. The molecule has 0 saturated heterocycles. The fourth-order valence-electron chi connectivity index (χ4n) is 3.83. The molecule has 0 fully saturated rings. The van der Waals surface area contributed by atoms with E-state index in [1.165, 1.54) is 12.1 Å². The van der Waals surface area contributed by atoms with E-state index in [9.17, 15) is 22.7 Å². The van der Waals surface area contributed by atoms with Gasteiger partial charge in [-0.05, 0) is 64.6 Å². The van der Waals surface area contributed by atoms with Gasteiger partial charge in [0.1, 0.15) is 17.7 Å². The number of rotatable bonds is 11. The van der Waals surface area contributed by atoms with Crippen LogP contribution in [0.5, 0.6) is 0 Å². The first-order chi connectivity index (χ1) is 17.8. The summed E-state index contributed by atoms with van der Waals surface area (Å²) in [7, 11) is -3.96. The third-order valence-electron chi connectivity index (χ3n) is 5.68. The number of aromatic nitrogens is 1. The lowest BCUT2D eigenvalue weighted by molar-refractivity contribution is -0.138. The van der Waals surface area contributed by atoms with Gasteiger partial charge in [0, 0.05) is 12.7 Å². The quantitative estimate of drug-likeness (QED) is 0.242. The standard InChI is InChI=1S/C28H26FN3O4S.CH4/c29-25-13-9-21(10-14-25)19-37(35,36)32-26(28(33)34)17-20-7-11-23(12-8-20)24-5-3-4-22(16-24)18-31-27-6-1-2-15-30-27;/h1-16,26,32H,17-19H2,(H,30,31)(H,33,34);1H4/t26-;/m0./s1. The molecule has 0 radical (unpaired) electrons. The molecule has 4 rings (SSSR count). The van der Waals surface area contributed by atoms with Gasteiger partial charge in [-0.3, -0.25) is 4.79 Å². The summed E-state index contributed by atoms with van der Waals surface area (Å²) in [6.07, 6.45) is 1.71. The molecule has 1 aromatic heterocycles. The van der Waals surface area contributed by atoms with Gasteiger partial charge in [-0.15, -0.1) is 0 Å². The van der Waals surface area contributed by atoms with Crippen molar-refractivity contribution >= 4 is 21.8 Å². The number of carbonyl (C=O) groups is 1. The van der Waals surface area contributed by atoms with Crippen molar-refractivity contribution in [2.75, 3.05) is 5.32 Å². The molecule has 1 atom stereocenters. The Morgan fingerprint density at radius 2 is 1.58 bits per heavy atom. The lowest BCUT2D eigenvalue weighted by Crippen LogP contribution is -2.42. The first-order valence-electron chi connectivity index (χ1n) is 11.6. The zero-order chi connectivity index (χ0) is 26.3. The Bertz CT molecular complexity index is 1450. The van der Waals surface area contributed by atoms with E-state index >= 15 is 0 Å². The van der Waals surface area contributed by atoms with Crippen molar-refractivity contribution in [3.63, 3.8) is 0 Å². The molecule has 0 spiro atoms. The van der Waals surface area contributed by atoms with Gasteiger partial charge in [0.25, 0.3) is 0 Å². The summed E-state index contributed by atoms with van der Waals surface area (Å²) in [6, 6.07) is 24.7. The molecule has 1 heterocycles. The number of carboxylic acid groups (broad SMARTS) is 1. The molecule has 4 aromatic rings. The number of halogens is 1. The third-order valence-corrected chi connectivity index (χ3v) is 7.04. The number of carboxylic acids is 1. The molecule has 9 heteroatoms. The van der Waals surface area contributed by atoms with Gasteiger partial charge in [-0.1, -0.05) is 68.1 Å². The summed E-state index contributed by atoms with van der Waals surface area (Å²) in [6.45, 7) is 0.612. The Labute approximate surface area is 222 Å². The molecule has 0 aliphatic heterocycles. The summed E-state index contributed by atoms with van der Waals surface area (Å²) in [5, 5.41) is 12.9. The minimum atomic E-state index is -3.96. The number of aliphatic carboxylic acids is 1. The van der Waals surface area contributed by atoms with Gasteiger partial charge in [0.15, 0.2) is 0 Å². The summed E-state index contributed by atoms with van der Waals surface area (Å²) >= 11 is 0. The van der Waals surface area contributed by atoms with Crippen molar-refractivity contribution in [2.45, 2.75) is 32.2 Å². The van der Waals surface area contributed by atoms with Crippen LogP contribution < -0.4 is 10.0 Å². The van der Waals surface area contributed by atoms with Crippen molar-refractivity contribution in [3.8, 4) is 11.1 Å². The number of hydrogen-bond donors (Lipinski definition) is 3. The first-order valence-corrected chi connectivity index (χ1v) is 13.2. The van der Waals surface area contributed by atoms with E-state index in [-0.39, 0.29) is 13.8 Å². The molecule has 3 aromatic carbocycles. The fourth-order valence-corrected chi connectivity index (χ4v) is 5.16. The molecule has 0 amide bonds. The van der Waals surface area contributed by atoms with Crippen molar-refractivity contribution in [1.82, 2.24) is 9.71 Å². The minimum Gasteiger partial charge on any atom is -0.480 e. The maximum atomic E-state index is 13.1. The number of pyridine rings is 1. The Hall–Kier alpha value is -4.08. The van der Waals surface area contributed by atoms with Gasteiger partial charge in [-0.25, -0.2) is 22.5 Å². The molecule has 38 heavy (non-hydrogen) atoms. The van der Waals surface area contributed by atoms with Crippen LogP contribution in [-0.2, 0) is 33.5 Å². The van der Waals surface area contributed by atoms with Crippen LogP contribution in [0.4, 0.5) is 10.2 Å². The van der Waals surface area contributed by atoms with Crippen molar-refractivity contribution in [1.29, 1.82) is 0 Å². The third kappa shape index (κ3) is 8.22. The topological polar surface area (TPSA) is 108 Å². The maximum absolute atomic E-state index is 13.1. The highest BCUT2D eigenvalue weighted by Crippen LogP contribution is 2.22. The number of benzene rings is 3. The van der Waals surface area contributed by atoms with Crippen molar-refractivity contribution in [2.24, 2.45) is 0 Å². The van der Waals surface area contributed by atoms with E-state index in [0.29, 0.717) is 17.7 Å². The first kappa shape index (κ1) is 28.5.